The summed E-state index contributed by atoms with van der Waals surface area (Å²) in [5.74, 6) is -1.06. The zero-order chi connectivity index (χ0) is 14.6. The highest BCUT2D eigenvalue weighted by atomic mass is 16.5. The van der Waals surface area contributed by atoms with Crippen molar-refractivity contribution in [2.75, 3.05) is 32.9 Å². The van der Waals surface area contributed by atoms with Gasteiger partial charge in [-0.05, 0) is 20.8 Å². The minimum atomic E-state index is -1.29. The fraction of sp³-hybridized carbons (Fsp3) is 0.833. The quantitative estimate of drug-likeness (QED) is 0.752. The van der Waals surface area contributed by atoms with Gasteiger partial charge in [-0.3, -0.25) is 0 Å². The van der Waals surface area contributed by atoms with Crippen molar-refractivity contribution in [2.45, 2.75) is 32.4 Å². The minimum absolute atomic E-state index is 0.198. The van der Waals surface area contributed by atoms with Crippen LogP contribution >= 0.6 is 0 Å². The van der Waals surface area contributed by atoms with Crippen LogP contribution in [0.25, 0.3) is 0 Å². The van der Waals surface area contributed by atoms with Crippen molar-refractivity contribution in [1.82, 2.24) is 9.80 Å². The fourth-order valence-electron chi connectivity index (χ4n) is 2.10. The zero-order valence-corrected chi connectivity index (χ0v) is 11.6. The van der Waals surface area contributed by atoms with Crippen LogP contribution in [-0.2, 0) is 9.53 Å². The van der Waals surface area contributed by atoms with E-state index in [0.29, 0.717) is 13.2 Å². The predicted molar refractivity (Wildman–Crippen MR) is 67.9 cm³/mol. The van der Waals surface area contributed by atoms with Gasteiger partial charge in [-0.2, -0.15) is 0 Å². The molecular formula is C12H22N2O5. The highest BCUT2D eigenvalue weighted by molar-refractivity contribution is 5.85. The Morgan fingerprint density at radius 2 is 2.11 bits per heavy atom. The molecule has 0 aromatic rings. The van der Waals surface area contributed by atoms with Gasteiger partial charge in [0, 0.05) is 13.1 Å². The zero-order valence-electron chi connectivity index (χ0n) is 11.6. The summed E-state index contributed by atoms with van der Waals surface area (Å²) < 4.78 is 5.21. The molecule has 1 aliphatic rings. The molecule has 1 saturated heterocycles. The first-order chi connectivity index (χ1) is 8.86. The van der Waals surface area contributed by atoms with Crippen molar-refractivity contribution in [3.8, 4) is 0 Å². The van der Waals surface area contributed by atoms with E-state index in [9.17, 15) is 19.8 Å². The Morgan fingerprint density at radius 1 is 1.47 bits per heavy atom. The van der Waals surface area contributed by atoms with Gasteiger partial charge in [0.1, 0.15) is 5.54 Å². The number of aliphatic hydroxyl groups is 1. The second-order valence-electron chi connectivity index (χ2n) is 5.00. The summed E-state index contributed by atoms with van der Waals surface area (Å²) in [6.07, 6.45) is 0. The van der Waals surface area contributed by atoms with E-state index in [4.69, 9.17) is 4.74 Å². The number of ether oxygens (including phenoxy) is 1. The summed E-state index contributed by atoms with van der Waals surface area (Å²) in [4.78, 5) is 26.5. The number of aliphatic carboxylic acids is 1. The average molecular weight is 274 g/mol. The third-order valence-electron chi connectivity index (χ3n) is 3.43. The highest BCUT2D eigenvalue weighted by Gasteiger charge is 2.40. The Bertz CT molecular complexity index is 345. The molecular weight excluding hydrogens is 252 g/mol. The monoisotopic (exact) mass is 274 g/mol. The number of rotatable bonds is 4. The van der Waals surface area contributed by atoms with Gasteiger partial charge in [-0.1, -0.05) is 0 Å². The summed E-state index contributed by atoms with van der Waals surface area (Å²) in [6.45, 7) is 5.83. The molecule has 0 bridgehead atoms. The van der Waals surface area contributed by atoms with Gasteiger partial charge in [0.15, 0.2) is 0 Å². The lowest BCUT2D eigenvalue weighted by Gasteiger charge is -2.42. The molecule has 0 aliphatic carbocycles. The van der Waals surface area contributed by atoms with Crippen LogP contribution in [0.4, 0.5) is 4.79 Å². The third-order valence-corrected chi connectivity index (χ3v) is 3.43. The van der Waals surface area contributed by atoms with Crippen LogP contribution < -0.4 is 0 Å². The largest absolute Gasteiger partial charge is 0.480 e. The number of urea groups is 1. The number of likely N-dealkylation sites (N-methyl/N-ethyl adjacent to an activating group) is 1. The normalized spacial score (nSPS) is 20.2. The maximum atomic E-state index is 12.5. The number of carbonyl (C=O) groups excluding carboxylic acids is 1. The van der Waals surface area contributed by atoms with Crippen LogP contribution in [0.1, 0.15) is 20.8 Å². The number of carboxylic acids is 1. The van der Waals surface area contributed by atoms with Gasteiger partial charge >= 0.3 is 12.0 Å². The molecule has 2 N–H and O–H groups in total. The van der Waals surface area contributed by atoms with Crippen molar-refractivity contribution in [1.29, 1.82) is 0 Å². The van der Waals surface area contributed by atoms with Gasteiger partial charge < -0.3 is 24.7 Å². The molecule has 1 rings (SSSR count). The molecule has 0 radical (unpaired) electrons. The number of hydrogen-bond acceptors (Lipinski definition) is 4. The van der Waals surface area contributed by atoms with E-state index in [-0.39, 0.29) is 25.8 Å². The topological polar surface area (TPSA) is 90.3 Å². The first-order valence-electron chi connectivity index (χ1n) is 6.36. The standard InChI is InChI=1S/C12H22N2O5/c1-4-14(12(2,3)10(16)17)11(18)13-5-6-19-8-9(13)7-15/h9,15H,4-8H2,1-3H3,(H,16,17). The van der Waals surface area contributed by atoms with Crippen molar-refractivity contribution in [3.05, 3.63) is 0 Å². The number of carboxylic acid groups (broad SMARTS) is 1. The molecule has 2 amide bonds. The van der Waals surface area contributed by atoms with E-state index in [1.807, 2.05) is 0 Å². The maximum Gasteiger partial charge on any atom is 0.329 e. The lowest BCUT2D eigenvalue weighted by molar-refractivity contribution is -0.148. The summed E-state index contributed by atoms with van der Waals surface area (Å²) in [5, 5.41) is 18.5. The van der Waals surface area contributed by atoms with Crippen molar-refractivity contribution in [2.24, 2.45) is 0 Å². The Morgan fingerprint density at radius 3 is 2.58 bits per heavy atom. The Hall–Kier alpha value is -1.34. The number of hydrogen-bond donors (Lipinski definition) is 2. The first-order valence-corrected chi connectivity index (χ1v) is 6.36. The molecule has 0 spiro atoms. The molecule has 1 aliphatic heterocycles. The number of aliphatic hydroxyl groups excluding tert-OH is 1. The Labute approximate surface area is 112 Å². The maximum absolute atomic E-state index is 12.5. The summed E-state index contributed by atoms with van der Waals surface area (Å²) >= 11 is 0. The van der Waals surface area contributed by atoms with Gasteiger partial charge in [-0.15, -0.1) is 0 Å². The molecule has 0 aromatic heterocycles. The van der Waals surface area contributed by atoms with Crippen molar-refractivity contribution in [3.63, 3.8) is 0 Å². The third kappa shape index (κ3) is 3.16. The average Bonchev–Trinajstić information content (AvgIpc) is 2.38. The van der Waals surface area contributed by atoms with E-state index in [1.165, 1.54) is 23.6 Å². The van der Waals surface area contributed by atoms with Crippen LogP contribution in [0.15, 0.2) is 0 Å². The summed E-state index contributed by atoms with van der Waals surface area (Å²) in [7, 11) is 0. The SMILES string of the molecule is CCN(C(=O)N1CCOCC1CO)C(C)(C)C(=O)O. The van der Waals surface area contributed by atoms with Gasteiger partial charge in [0.2, 0.25) is 0 Å². The summed E-state index contributed by atoms with van der Waals surface area (Å²) in [5.41, 5.74) is -1.29. The Balaban J connectivity index is 2.91. The van der Waals surface area contributed by atoms with Gasteiger partial charge in [0.25, 0.3) is 0 Å². The lowest BCUT2D eigenvalue weighted by Crippen LogP contribution is -2.61. The van der Waals surface area contributed by atoms with Crippen LogP contribution in [0.5, 0.6) is 0 Å². The first kappa shape index (κ1) is 15.7. The van der Waals surface area contributed by atoms with Crippen LogP contribution in [0.2, 0.25) is 0 Å². The number of amides is 2. The fourth-order valence-corrected chi connectivity index (χ4v) is 2.10. The molecule has 0 saturated carbocycles. The highest BCUT2D eigenvalue weighted by Crippen LogP contribution is 2.19. The van der Waals surface area contributed by atoms with E-state index in [1.54, 1.807) is 6.92 Å². The van der Waals surface area contributed by atoms with Crippen LogP contribution in [0.3, 0.4) is 0 Å². The minimum Gasteiger partial charge on any atom is -0.480 e. The number of carbonyl (C=O) groups is 2. The van der Waals surface area contributed by atoms with Crippen molar-refractivity contribution < 1.29 is 24.5 Å². The smallest absolute Gasteiger partial charge is 0.329 e. The van der Waals surface area contributed by atoms with Crippen LogP contribution in [-0.4, -0.2) is 76.5 Å². The molecule has 110 valence electrons. The van der Waals surface area contributed by atoms with E-state index in [0.717, 1.165) is 0 Å². The molecule has 7 heteroatoms. The molecule has 1 atom stereocenters. The number of nitrogens with zero attached hydrogens (tertiary/aromatic N) is 2. The lowest BCUT2D eigenvalue weighted by atomic mass is 10.0. The molecule has 1 heterocycles. The van der Waals surface area contributed by atoms with E-state index >= 15 is 0 Å². The van der Waals surface area contributed by atoms with Crippen molar-refractivity contribution >= 4 is 12.0 Å². The Kier molecular flexibility index (Phi) is 5.13. The second kappa shape index (κ2) is 6.21. The predicted octanol–water partition coefficient (Wildman–Crippen LogP) is -0.0154. The van der Waals surface area contributed by atoms with E-state index < -0.39 is 17.6 Å². The number of morpholine rings is 1. The second-order valence-corrected chi connectivity index (χ2v) is 5.00. The summed E-state index contributed by atoms with van der Waals surface area (Å²) in [6, 6.07) is -0.794. The van der Waals surface area contributed by atoms with Crippen LogP contribution in [0, 0.1) is 0 Å². The molecule has 1 unspecified atom stereocenters. The molecule has 19 heavy (non-hydrogen) atoms. The molecule has 1 fully saturated rings. The van der Waals surface area contributed by atoms with Gasteiger partial charge in [0.05, 0.1) is 25.9 Å². The van der Waals surface area contributed by atoms with E-state index in [2.05, 4.69) is 0 Å². The van der Waals surface area contributed by atoms with Gasteiger partial charge in [-0.25, -0.2) is 9.59 Å². The molecule has 0 aromatic carbocycles. The molecule has 7 nitrogen and oxygen atoms in total.